The van der Waals surface area contributed by atoms with Crippen LogP contribution in [0.1, 0.15) is 42.1 Å². The maximum atomic E-state index is 12.2. The van der Waals surface area contributed by atoms with E-state index in [1.807, 2.05) is 30.3 Å². The predicted octanol–water partition coefficient (Wildman–Crippen LogP) is 2.18. The second-order valence-electron chi connectivity index (χ2n) is 5.76. The number of aromatic nitrogens is 1. The summed E-state index contributed by atoms with van der Waals surface area (Å²) < 4.78 is 5.72. The van der Waals surface area contributed by atoms with Crippen LogP contribution in [0.4, 0.5) is 0 Å². The monoisotopic (exact) mass is 342 g/mol. The van der Waals surface area contributed by atoms with Crippen molar-refractivity contribution in [2.75, 3.05) is 6.54 Å². The van der Waals surface area contributed by atoms with Gasteiger partial charge in [0.05, 0.1) is 5.56 Å². The second-order valence-corrected chi connectivity index (χ2v) is 5.76. The lowest BCUT2D eigenvalue weighted by atomic mass is 9.96. The fourth-order valence-electron chi connectivity index (χ4n) is 2.42. The van der Waals surface area contributed by atoms with E-state index in [0.717, 1.165) is 12.0 Å². The molecule has 0 saturated heterocycles. The molecule has 2 aromatic rings. The number of amides is 1. The van der Waals surface area contributed by atoms with Gasteiger partial charge in [0.15, 0.2) is 18.5 Å². The van der Waals surface area contributed by atoms with Crippen molar-refractivity contribution in [2.24, 2.45) is 0 Å². The Labute approximate surface area is 147 Å². The van der Waals surface area contributed by atoms with Crippen LogP contribution in [-0.2, 0) is 9.53 Å². The molecule has 1 aromatic heterocycles. The number of carbonyl (C=O) groups excluding carboxylic acids is 2. The lowest BCUT2D eigenvalue weighted by Gasteiger charge is -2.18. The molecule has 1 amide bonds. The molecule has 25 heavy (non-hydrogen) atoms. The molecular weight excluding hydrogens is 320 g/mol. The Morgan fingerprint density at radius 2 is 1.80 bits per heavy atom. The smallest absolute Gasteiger partial charge is 0.339 e. The quantitative estimate of drug-likeness (QED) is 0.475. The summed E-state index contributed by atoms with van der Waals surface area (Å²) in [6.45, 7) is 4.06. The van der Waals surface area contributed by atoms with E-state index in [-0.39, 0.29) is 17.4 Å². The maximum absolute atomic E-state index is 12.2. The second kappa shape index (κ2) is 8.82. The molecule has 1 N–H and O–H groups in total. The van der Waals surface area contributed by atoms with Crippen LogP contribution in [0, 0.1) is 5.21 Å². The Morgan fingerprint density at radius 1 is 1.16 bits per heavy atom. The number of rotatable bonds is 7. The van der Waals surface area contributed by atoms with E-state index in [4.69, 9.17) is 4.74 Å². The van der Waals surface area contributed by atoms with E-state index in [1.165, 1.54) is 31.5 Å². The summed E-state index contributed by atoms with van der Waals surface area (Å²) in [4.78, 5) is 24.1. The SMILES string of the molecule is CC[C@@H](CNC(=O)[C@H](C)OC(=O)c1cc[n+]([O-])cc1)c1ccccc1. The van der Waals surface area contributed by atoms with Crippen molar-refractivity contribution in [1.29, 1.82) is 0 Å². The molecule has 0 spiro atoms. The lowest BCUT2D eigenvalue weighted by Crippen LogP contribution is -2.38. The number of benzene rings is 1. The first-order chi connectivity index (χ1) is 12.0. The average Bonchev–Trinajstić information content (AvgIpc) is 2.63. The van der Waals surface area contributed by atoms with Crippen molar-refractivity contribution in [1.82, 2.24) is 5.32 Å². The standard InChI is InChI=1S/C19H22N2O4/c1-3-15(16-7-5-4-6-8-16)13-20-18(22)14(2)25-19(23)17-9-11-21(24)12-10-17/h4-12,14-15H,3,13H2,1-2H3,(H,20,22)/t14-,15-/m0/s1. The third kappa shape index (κ3) is 5.31. The number of nitrogens with zero attached hydrogens (tertiary/aromatic N) is 1. The van der Waals surface area contributed by atoms with Gasteiger partial charge in [-0.25, -0.2) is 4.79 Å². The summed E-state index contributed by atoms with van der Waals surface area (Å²) in [6.07, 6.45) is 2.37. The van der Waals surface area contributed by atoms with Crippen LogP contribution in [0.15, 0.2) is 54.9 Å². The zero-order chi connectivity index (χ0) is 18.2. The van der Waals surface area contributed by atoms with Crippen molar-refractivity contribution >= 4 is 11.9 Å². The number of ether oxygens (including phenoxy) is 1. The summed E-state index contributed by atoms with van der Waals surface area (Å²) in [5.41, 5.74) is 1.38. The summed E-state index contributed by atoms with van der Waals surface area (Å²) in [7, 11) is 0. The van der Waals surface area contributed by atoms with Crippen LogP contribution in [0.25, 0.3) is 0 Å². The van der Waals surface area contributed by atoms with Crippen LogP contribution in [0.3, 0.4) is 0 Å². The highest BCUT2D eigenvalue weighted by atomic mass is 16.5. The van der Waals surface area contributed by atoms with E-state index >= 15 is 0 Å². The molecule has 132 valence electrons. The van der Waals surface area contributed by atoms with Gasteiger partial charge in [0.2, 0.25) is 0 Å². The minimum Gasteiger partial charge on any atom is -0.619 e. The average molecular weight is 342 g/mol. The first-order valence-corrected chi connectivity index (χ1v) is 8.23. The van der Waals surface area contributed by atoms with Crippen molar-refractivity contribution in [3.63, 3.8) is 0 Å². The first-order valence-electron chi connectivity index (χ1n) is 8.23. The third-order valence-corrected chi connectivity index (χ3v) is 3.98. The Hall–Kier alpha value is -2.89. The number of carbonyl (C=O) groups is 2. The Kier molecular flexibility index (Phi) is 6.51. The molecule has 2 rings (SSSR count). The van der Waals surface area contributed by atoms with Crippen LogP contribution >= 0.6 is 0 Å². The van der Waals surface area contributed by atoms with Gasteiger partial charge in [-0.05, 0) is 18.9 Å². The molecule has 0 radical (unpaired) electrons. The zero-order valence-electron chi connectivity index (χ0n) is 14.3. The minimum atomic E-state index is -0.916. The number of hydrogen-bond acceptors (Lipinski definition) is 4. The van der Waals surface area contributed by atoms with Gasteiger partial charge in [-0.15, -0.1) is 0 Å². The van der Waals surface area contributed by atoms with Gasteiger partial charge in [0.25, 0.3) is 5.91 Å². The van der Waals surface area contributed by atoms with Gasteiger partial charge in [0.1, 0.15) is 0 Å². The van der Waals surface area contributed by atoms with E-state index in [1.54, 1.807) is 0 Å². The molecule has 2 atom stereocenters. The Morgan fingerprint density at radius 3 is 2.40 bits per heavy atom. The fourth-order valence-corrected chi connectivity index (χ4v) is 2.42. The molecule has 0 aliphatic carbocycles. The predicted molar refractivity (Wildman–Crippen MR) is 92.8 cm³/mol. The van der Waals surface area contributed by atoms with Crippen LogP contribution in [0.5, 0.6) is 0 Å². The van der Waals surface area contributed by atoms with Gasteiger partial charge in [-0.2, -0.15) is 4.73 Å². The number of hydrogen-bond donors (Lipinski definition) is 1. The minimum absolute atomic E-state index is 0.203. The maximum Gasteiger partial charge on any atom is 0.339 e. The van der Waals surface area contributed by atoms with E-state index in [2.05, 4.69) is 12.2 Å². The molecule has 0 bridgehead atoms. The van der Waals surface area contributed by atoms with Gasteiger partial charge in [0, 0.05) is 24.6 Å². The number of nitrogens with one attached hydrogen (secondary N) is 1. The van der Waals surface area contributed by atoms with Crippen LogP contribution in [-0.4, -0.2) is 24.5 Å². The topological polar surface area (TPSA) is 82.3 Å². The Balaban J connectivity index is 1.87. The van der Waals surface area contributed by atoms with Crippen molar-refractivity contribution in [3.8, 4) is 0 Å². The summed E-state index contributed by atoms with van der Waals surface area (Å²) in [5, 5.41) is 13.8. The molecule has 0 aliphatic rings. The molecular formula is C19H22N2O4. The molecule has 0 aliphatic heterocycles. The normalized spacial score (nSPS) is 12.9. The molecule has 1 aromatic carbocycles. The summed E-state index contributed by atoms with van der Waals surface area (Å²) in [6, 6.07) is 12.6. The van der Waals surface area contributed by atoms with Gasteiger partial charge in [-0.1, -0.05) is 37.3 Å². The summed E-state index contributed by atoms with van der Waals surface area (Å²) in [5.74, 6) is -0.787. The number of pyridine rings is 1. The summed E-state index contributed by atoms with van der Waals surface area (Å²) >= 11 is 0. The van der Waals surface area contributed by atoms with Gasteiger partial charge < -0.3 is 15.3 Å². The molecule has 1 heterocycles. The number of esters is 1. The molecule has 0 unspecified atom stereocenters. The molecule has 6 heteroatoms. The molecule has 0 fully saturated rings. The molecule has 6 nitrogen and oxygen atoms in total. The highest BCUT2D eigenvalue weighted by Gasteiger charge is 2.20. The zero-order valence-corrected chi connectivity index (χ0v) is 14.3. The van der Waals surface area contributed by atoms with E-state index < -0.39 is 12.1 Å². The van der Waals surface area contributed by atoms with Crippen LogP contribution in [0.2, 0.25) is 0 Å². The first kappa shape index (κ1) is 18.4. The third-order valence-electron chi connectivity index (χ3n) is 3.98. The van der Waals surface area contributed by atoms with Crippen molar-refractivity contribution < 1.29 is 19.1 Å². The Bertz CT molecular complexity index is 701. The van der Waals surface area contributed by atoms with Crippen LogP contribution < -0.4 is 10.0 Å². The largest absolute Gasteiger partial charge is 0.619 e. The lowest BCUT2D eigenvalue weighted by molar-refractivity contribution is -0.605. The van der Waals surface area contributed by atoms with E-state index in [9.17, 15) is 14.8 Å². The van der Waals surface area contributed by atoms with Crippen molar-refractivity contribution in [2.45, 2.75) is 32.3 Å². The van der Waals surface area contributed by atoms with Crippen molar-refractivity contribution in [3.05, 3.63) is 71.2 Å². The highest BCUT2D eigenvalue weighted by Crippen LogP contribution is 2.18. The molecule has 0 saturated carbocycles. The van der Waals surface area contributed by atoms with Gasteiger partial charge in [-0.3, -0.25) is 4.79 Å². The van der Waals surface area contributed by atoms with Gasteiger partial charge >= 0.3 is 5.97 Å². The fraction of sp³-hybridized carbons (Fsp3) is 0.316. The highest BCUT2D eigenvalue weighted by molar-refractivity contribution is 5.91. The van der Waals surface area contributed by atoms with E-state index in [0.29, 0.717) is 11.3 Å².